The molecule has 5 heteroatoms. The third kappa shape index (κ3) is 4.10. The number of aliphatic hydroxyl groups excluding tert-OH is 1. The van der Waals surface area contributed by atoms with Crippen LogP contribution in [0.4, 0.5) is 0 Å². The highest BCUT2D eigenvalue weighted by Gasteiger charge is 2.20. The summed E-state index contributed by atoms with van der Waals surface area (Å²) < 4.78 is 0.886. The zero-order valence-corrected chi connectivity index (χ0v) is 13.4. The number of halogens is 2. The Morgan fingerprint density at radius 3 is 2.72 bits per heavy atom. The van der Waals surface area contributed by atoms with Crippen LogP contribution in [0.15, 0.2) is 18.2 Å². The third-order valence-electron chi connectivity index (χ3n) is 2.60. The van der Waals surface area contributed by atoms with Crippen molar-refractivity contribution < 1.29 is 9.90 Å². The van der Waals surface area contributed by atoms with Gasteiger partial charge in [0.1, 0.15) is 0 Å². The van der Waals surface area contributed by atoms with Crippen LogP contribution in [0.1, 0.15) is 30.6 Å². The summed E-state index contributed by atoms with van der Waals surface area (Å²) >= 11 is 8.07. The Morgan fingerprint density at radius 1 is 1.50 bits per heavy atom. The molecule has 1 amide bonds. The smallest absolute Gasteiger partial charge is 0.255 e. The first-order chi connectivity index (χ1) is 8.47. The van der Waals surface area contributed by atoms with Crippen LogP contribution in [0.3, 0.4) is 0 Å². The average Bonchev–Trinajstić information content (AvgIpc) is 2.32. The molecular weight excluding hydrogens is 365 g/mol. The van der Waals surface area contributed by atoms with E-state index in [1.54, 1.807) is 17.0 Å². The van der Waals surface area contributed by atoms with Crippen LogP contribution in [-0.2, 0) is 0 Å². The first-order valence-corrected chi connectivity index (χ1v) is 7.30. The van der Waals surface area contributed by atoms with Gasteiger partial charge in [0.2, 0.25) is 0 Å². The topological polar surface area (TPSA) is 40.5 Å². The van der Waals surface area contributed by atoms with Crippen molar-refractivity contribution in [2.45, 2.75) is 26.3 Å². The number of nitrogens with zero attached hydrogens (tertiary/aromatic N) is 1. The molecule has 0 unspecified atom stereocenters. The van der Waals surface area contributed by atoms with Crippen molar-refractivity contribution in [1.29, 1.82) is 0 Å². The predicted octanol–water partition coefficient (Wildman–Crippen LogP) is 3.18. The minimum Gasteiger partial charge on any atom is -0.396 e. The molecule has 3 nitrogen and oxygen atoms in total. The molecule has 0 radical (unpaired) electrons. The van der Waals surface area contributed by atoms with Gasteiger partial charge in [0.25, 0.3) is 5.91 Å². The quantitative estimate of drug-likeness (QED) is 0.796. The minimum atomic E-state index is -0.0367. The summed E-state index contributed by atoms with van der Waals surface area (Å²) in [4.78, 5) is 14.2. The van der Waals surface area contributed by atoms with Gasteiger partial charge in [-0.3, -0.25) is 4.79 Å². The summed E-state index contributed by atoms with van der Waals surface area (Å²) in [5.74, 6) is -0.0367. The molecule has 0 spiro atoms. The van der Waals surface area contributed by atoms with E-state index in [4.69, 9.17) is 16.7 Å². The van der Waals surface area contributed by atoms with E-state index in [0.29, 0.717) is 23.6 Å². The summed E-state index contributed by atoms with van der Waals surface area (Å²) in [6.45, 7) is 4.57. The van der Waals surface area contributed by atoms with Crippen LogP contribution >= 0.6 is 34.2 Å². The molecular formula is C13H17ClINO2. The van der Waals surface area contributed by atoms with Gasteiger partial charge in [0.05, 0.1) is 5.56 Å². The first-order valence-electron chi connectivity index (χ1n) is 5.84. The largest absolute Gasteiger partial charge is 0.396 e. The summed E-state index contributed by atoms with van der Waals surface area (Å²) in [6.07, 6.45) is 0.584. The van der Waals surface area contributed by atoms with Gasteiger partial charge in [-0.05, 0) is 61.1 Å². The Balaban J connectivity index is 2.98. The fourth-order valence-corrected chi connectivity index (χ4v) is 2.39. The lowest BCUT2D eigenvalue weighted by Crippen LogP contribution is -2.38. The zero-order chi connectivity index (χ0) is 13.7. The number of aliphatic hydroxyl groups is 1. The van der Waals surface area contributed by atoms with Crippen molar-refractivity contribution in [1.82, 2.24) is 4.90 Å². The van der Waals surface area contributed by atoms with E-state index in [2.05, 4.69) is 22.6 Å². The first kappa shape index (κ1) is 15.7. The fraction of sp³-hybridized carbons (Fsp3) is 0.462. The lowest BCUT2D eigenvalue weighted by molar-refractivity contribution is 0.0692. The molecule has 0 fully saturated rings. The highest BCUT2D eigenvalue weighted by molar-refractivity contribution is 14.1. The number of carbonyl (C=O) groups excluding carboxylic acids is 1. The predicted molar refractivity (Wildman–Crippen MR) is 82.0 cm³/mol. The van der Waals surface area contributed by atoms with Crippen molar-refractivity contribution in [3.05, 3.63) is 32.4 Å². The number of hydrogen-bond acceptors (Lipinski definition) is 2. The van der Waals surface area contributed by atoms with Crippen molar-refractivity contribution in [3.8, 4) is 0 Å². The molecule has 0 aliphatic rings. The second-order valence-electron chi connectivity index (χ2n) is 4.29. The third-order valence-corrected chi connectivity index (χ3v) is 3.78. The van der Waals surface area contributed by atoms with Gasteiger partial charge in [-0.2, -0.15) is 0 Å². The SMILES string of the molecule is CC(C)N(CCCO)C(=O)c1cc(Cl)ccc1I. The fourth-order valence-electron chi connectivity index (χ4n) is 1.65. The summed E-state index contributed by atoms with van der Waals surface area (Å²) in [5, 5.41) is 9.45. The molecule has 0 atom stereocenters. The molecule has 0 aromatic heterocycles. The van der Waals surface area contributed by atoms with E-state index in [1.165, 1.54) is 0 Å². The Kier molecular flexibility index (Phi) is 6.38. The van der Waals surface area contributed by atoms with Gasteiger partial charge in [-0.1, -0.05) is 11.6 Å². The standard InChI is InChI=1S/C13H17ClINO2/c1-9(2)16(6-3-7-17)13(18)11-8-10(14)4-5-12(11)15/h4-5,8-9,17H,3,6-7H2,1-2H3. The Labute approximate surface area is 126 Å². The molecule has 0 saturated carbocycles. The maximum atomic E-state index is 12.4. The van der Waals surface area contributed by atoms with E-state index < -0.39 is 0 Å². The van der Waals surface area contributed by atoms with E-state index >= 15 is 0 Å². The molecule has 1 rings (SSSR count). The summed E-state index contributed by atoms with van der Waals surface area (Å²) in [6, 6.07) is 5.40. The molecule has 0 aliphatic carbocycles. The van der Waals surface area contributed by atoms with Crippen LogP contribution in [0, 0.1) is 3.57 Å². The Morgan fingerprint density at radius 2 is 2.17 bits per heavy atom. The van der Waals surface area contributed by atoms with Crippen LogP contribution in [0.5, 0.6) is 0 Å². The maximum absolute atomic E-state index is 12.4. The van der Waals surface area contributed by atoms with E-state index in [9.17, 15) is 4.79 Å². The molecule has 0 saturated heterocycles. The highest BCUT2D eigenvalue weighted by Crippen LogP contribution is 2.20. The summed E-state index contributed by atoms with van der Waals surface area (Å²) in [5.41, 5.74) is 0.620. The van der Waals surface area contributed by atoms with Crippen molar-refractivity contribution >= 4 is 40.1 Å². The molecule has 18 heavy (non-hydrogen) atoms. The van der Waals surface area contributed by atoms with Crippen molar-refractivity contribution in [3.63, 3.8) is 0 Å². The lowest BCUT2D eigenvalue weighted by atomic mass is 10.1. The average molecular weight is 382 g/mol. The van der Waals surface area contributed by atoms with E-state index in [0.717, 1.165) is 3.57 Å². The number of hydrogen-bond donors (Lipinski definition) is 1. The molecule has 0 bridgehead atoms. The monoisotopic (exact) mass is 381 g/mol. The molecule has 1 aromatic rings. The maximum Gasteiger partial charge on any atom is 0.255 e. The Bertz CT molecular complexity index is 423. The second-order valence-corrected chi connectivity index (χ2v) is 5.89. The minimum absolute atomic E-state index is 0.0367. The van der Waals surface area contributed by atoms with E-state index in [1.807, 2.05) is 19.9 Å². The highest BCUT2D eigenvalue weighted by atomic mass is 127. The Hall–Kier alpha value is -0.330. The lowest BCUT2D eigenvalue weighted by Gasteiger charge is -2.27. The van der Waals surface area contributed by atoms with Gasteiger partial charge in [-0.15, -0.1) is 0 Å². The van der Waals surface area contributed by atoms with Crippen LogP contribution in [-0.4, -0.2) is 35.1 Å². The molecule has 100 valence electrons. The van der Waals surface area contributed by atoms with Gasteiger partial charge >= 0.3 is 0 Å². The van der Waals surface area contributed by atoms with Gasteiger partial charge in [0, 0.05) is 27.8 Å². The molecule has 1 aromatic carbocycles. The zero-order valence-electron chi connectivity index (χ0n) is 10.5. The van der Waals surface area contributed by atoms with Crippen LogP contribution < -0.4 is 0 Å². The van der Waals surface area contributed by atoms with Crippen molar-refractivity contribution in [2.24, 2.45) is 0 Å². The summed E-state index contributed by atoms with van der Waals surface area (Å²) in [7, 11) is 0. The van der Waals surface area contributed by atoms with Gasteiger partial charge < -0.3 is 10.0 Å². The molecule has 1 N–H and O–H groups in total. The van der Waals surface area contributed by atoms with Crippen LogP contribution in [0.25, 0.3) is 0 Å². The number of rotatable bonds is 5. The van der Waals surface area contributed by atoms with Gasteiger partial charge in [0.15, 0.2) is 0 Å². The van der Waals surface area contributed by atoms with Crippen LogP contribution in [0.2, 0.25) is 5.02 Å². The molecule has 0 heterocycles. The molecule has 0 aliphatic heterocycles. The van der Waals surface area contributed by atoms with Gasteiger partial charge in [-0.25, -0.2) is 0 Å². The van der Waals surface area contributed by atoms with E-state index in [-0.39, 0.29) is 18.6 Å². The second kappa shape index (κ2) is 7.31. The number of benzene rings is 1. The number of carbonyl (C=O) groups is 1. The normalized spacial score (nSPS) is 10.8. The van der Waals surface area contributed by atoms with Crippen molar-refractivity contribution in [2.75, 3.05) is 13.2 Å². The number of amides is 1.